The van der Waals surface area contributed by atoms with Crippen LogP contribution in [-0.4, -0.2) is 9.55 Å². The van der Waals surface area contributed by atoms with Crippen molar-refractivity contribution in [1.82, 2.24) is 9.55 Å². The number of hydrogen-bond acceptors (Lipinski definition) is 4. The van der Waals surface area contributed by atoms with Gasteiger partial charge in [-0.1, -0.05) is 41.0 Å². The van der Waals surface area contributed by atoms with E-state index in [1.165, 1.54) is 16.9 Å². The van der Waals surface area contributed by atoms with Gasteiger partial charge < -0.3 is 0 Å². The Morgan fingerprint density at radius 2 is 2.04 bits per heavy atom. The third-order valence-corrected chi connectivity index (χ3v) is 7.68. The number of hydrogen-bond donors (Lipinski definition) is 0. The highest BCUT2D eigenvalue weighted by Crippen LogP contribution is 2.35. The summed E-state index contributed by atoms with van der Waals surface area (Å²) >= 11 is 15.4. The zero-order valence-electron chi connectivity index (χ0n) is 14.3. The van der Waals surface area contributed by atoms with Gasteiger partial charge in [0.1, 0.15) is 4.83 Å². The first kappa shape index (κ1) is 18.4. The van der Waals surface area contributed by atoms with E-state index in [1.54, 1.807) is 33.7 Å². The standard InChI is InChI=1S/C19H18Cl2N2OS2/c1-2-23-18(24)16-12-5-3-4-6-15(12)26-17(16)22-19(23)25-10-11-7-8-13(20)14(21)9-11/h7-9H,2-6,10H2,1H3. The number of aryl methyl sites for hydroxylation is 2. The monoisotopic (exact) mass is 424 g/mol. The van der Waals surface area contributed by atoms with E-state index in [9.17, 15) is 4.79 Å². The van der Waals surface area contributed by atoms with Crippen LogP contribution in [0.4, 0.5) is 0 Å². The Bertz CT molecular complexity index is 1040. The van der Waals surface area contributed by atoms with Crippen LogP contribution in [0.3, 0.4) is 0 Å². The van der Waals surface area contributed by atoms with Gasteiger partial charge in [0, 0.05) is 17.2 Å². The number of nitrogens with zero attached hydrogens (tertiary/aromatic N) is 2. The SMILES string of the molecule is CCn1c(SCc2ccc(Cl)c(Cl)c2)nc2sc3c(c2c1=O)CCCC3. The van der Waals surface area contributed by atoms with E-state index in [4.69, 9.17) is 28.2 Å². The van der Waals surface area contributed by atoms with Gasteiger partial charge in [0.25, 0.3) is 5.56 Å². The van der Waals surface area contributed by atoms with Gasteiger partial charge in [-0.05, 0) is 55.9 Å². The Labute approximate surface area is 170 Å². The highest BCUT2D eigenvalue weighted by molar-refractivity contribution is 7.98. The van der Waals surface area contributed by atoms with Crippen LogP contribution < -0.4 is 5.56 Å². The first-order chi connectivity index (χ1) is 12.6. The van der Waals surface area contributed by atoms with E-state index in [0.29, 0.717) is 22.3 Å². The van der Waals surface area contributed by atoms with E-state index >= 15 is 0 Å². The fourth-order valence-corrected chi connectivity index (χ4v) is 6.02. The molecule has 0 bridgehead atoms. The van der Waals surface area contributed by atoms with E-state index < -0.39 is 0 Å². The average Bonchev–Trinajstić information content (AvgIpc) is 3.01. The molecule has 7 heteroatoms. The maximum atomic E-state index is 13.1. The van der Waals surface area contributed by atoms with Gasteiger partial charge in [0.2, 0.25) is 0 Å². The molecule has 0 saturated heterocycles. The van der Waals surface area contributed by atoms with E-state index in [0.717, 1.165) is 40.2 Å². The lowest BCUT2D eigenvalue weighted by atomic mass is 9.97. The van der Waals surface area contributed by atoms with Crippen LogP contribution >= 0.6 is 46.3 Å². The molecule has 0 unspecified atom stereocenters. The molecule has 0 radical (unpaired) electrons. The third-order valence-electron chi connectivity index (χ3n) is 4.71. The van der Waals surface area contributed by atoms with Crippen molar-refractivity contribution in [3.05, 3.63) is 54.6 Å². The Morgan fingerprint density at radius 3 is 2.81 bits per heavy atom. The third kappa shape index (κ3) is 3.31. The summed E-state index contributed by atoms with van der Waals surface area (Å²) < 4.78 is 1.80. The molecular formula is C19H18Cl2N2OS2. The Kier molecular flexibility index (Phi) is 5.33. The summed E-state index contributed by atoms with van der Waals surface area (Å²) in [6.07, 6.45) is 4.46. The largest absolute Gasteiger partial charge is 0.287 e. The summed E-state index contributed by atoms with van der Waals surface area (Å²) in [5, 5.41) is 2.72. The van der Waals surface area contributed by atoms with Gasteiger partial charge in [-0.15, -0.1) is 11.3 Å². The number of benzene rings is 1. The molecule has 0 aliphatic heterocycles. The summed E-state index contributed by atoms with van der Waals surface area (Å²) in [6, 6.07) is 5.63. The maximum Gasteiger partial charge on any atom is 0.263 e. The fraction of sp³-hybridized carbons (Fsp3) is 0.368. The molecule has 1 aromatic carbocycles. The van der Waals surface area contributed by atoms with Crippen molar-refractivity contribution in [1.29, 1.82) is 0 Å². The van der Waals surface area contributed by atoms with E-state index in [-0.39, 0.29) is 5.56 Å². The minimum Gasteiger partial charge on any atom is -0.287 e. The van der Waals surface area contributed by atoms with Gasteiger partial charge >= 0.3 is 0 Å². The molecule has 2 aromatic heterocycles. The molecule has 136 valence electrons. The molecular weight excluding hydrogens is 407 g/mol. The summed E-state index contributed by atoms with van der Waals surface area (Å²) in [6.45, 7) is 2.62. The lowest BCUT2D eigenvalue weighted by molar-refractivity contribution is 0.633. The Morgan fingerprint density at radius 1 is 1.23 bits per heavy atom. The van der Waals surface area contributed by atoms with Crippen LogP contribution in [0.2, 0.25) is 10.0 Å². The summed E-state index contributed by atoms with van der Waals surface area (Å²) in [5.41, 5.74) is 2.41. The molecule has 0 spiro atoms. The molecule has 0 atom stereocenters. The number of aromatic nitrogens is 2. The van der Waals surface area contributed by atoms with E-state index in [2.05, 4.69) is 0 Å². The van der Waals surface area contributed by atoms with Gasteiger partial charge in [-0.3, -0.25) is 9.36 Å². The second-order valence-electron chi connectivity index (χ2n) is 6.37. The number of thiophene rings is 1. The molecule has 0 saturated carbocycles. The Balaban J connectivity index is 1.72. The molecule has 0 amide bonds. The predicted octanol–water partition coefficient (Wildman–Crippen LogP) is 5.96. The lowest BCUT2D eigenvalue weighted by Crippen LogP contribution is -2.22. The van der Waals surface area contributed by atoms with Crippen molar-refractivity contribution >= 4 is 56.5 Å². The normalized spacial score (nSPS) is 14.0. The van der Waals surface area contributed by atoms with Crippen molar-refractivity contribution in [2.24, 2.45) is 0 Å². The molecule has 4 rings (SSSR count). The van der Waals surface area contributed by atoms with Crippen molar-refractivity contribution in [3.63, 3.8) is 0 Å². The van der Waals surface area contributed by atoms with Crippen molar-refractivity contribution in [2.75, 3.05) is 0 Å². The van der Waals surface area contributed by atoms with E-state index in [1.807, 2.05) is 19.1 Å². The smallest absolute Gasteiger partial charge is 0.263 e. The second-order valence-corrected chi connectivity index (χ2v) is 9.21. The summed E-state index contributed by atoms with van der Waals surface area (Å²) in [4.78, 5) is 20.2. The van der Waals surface area contributed by atoms with Crippen LogP contribution in [0, 0.1) is 0 Å². The van der Waals surface area contributed by atoms with Crippen LogP contribution in [-0.2, 0) is 25.1 Å². The number of thioether (sulfide) groups is 1. The molecule has 0 N–H and O–H groups in total. The Hall–Kier alpha value is -1.01. The van der Waals surface area contributed by atoms with Crippen molar-refractivity contribution < 1.29 is 0 Å². The van der Waals surface area contributed by atoms with Gasteiger partial charge in [0.15, 0.2) is 5.16 Å². The maximum absolute atomic E-state index is 13.1. The summed E-state index contributed by atoms with van der Waals surface area (Å²) in [5.74, 6) is 0.694. The highest BCUT2D eigenvalue weighted by atomic mass is 35.5. The summed E-state index contributed by atoms with van der Waals surface area (Å²) in [7, 11) is 0. The van der Waals surface area contributed by atoms with Crippen LogP contribution in [0.1, 0.15) is 35.8 Å². The number of fused-ring (bicyclic) bond motifs is 3. The molecule has 3 aromatic rings. The van der Waals surface area contributed by atoms with Crippen LogP contribution in [0.15, 0.2) is 28.2 Å². The zero-order valence-corrected chi connectivity index (χ0v) is 17.5. The molecule has 1 aliphatic carbocycles. The molecule has 0 fully saturated rings. The van der Waals surface area contributed by atoms with Crippen LogP contribution in [0.25, 0.3) is 10.2 Å². The minimum atomic E-state index is 0.105. The zero-order chi connectivity index (χ0) is 18.3. The van der Waals surface area contributed by atoms with Crippen molar-refractivity contribution in [2.45, 2.75) is 50.1 Å². The molecule has 2 heterocycles. The fourth-order valence-electron chi connectivity index (χ4n) is 3.39. The van der Waals surface area contributed by atoms with Gasteiger partial charge in [-0.25, -0.2) is 4.98 Å². The lowest BCUT2D eigenvalue weighted by Gasteiger charge is -2.12. The molecule has 1 aliphatic rings. The van der Waals surface area contributed by atoms with Gasteiger partial charge in [0.05, 0.1) is 15.4 Å². The minimum absolute atomic E-state index is 0.105. The second kappa shape index (κ2) is 7.55. The van der Waals surface area contributed by atoms with Gasteiger partial charge in [-0.2, -0.15) is 0 Å². The number of rotatable bonds is 4. The number of halogens is 2. The first-order valence-electron chi connectivity index (χ1n) is 8.70. The quantitative estimate of drug-likeness (QED) is 0.382. The average molecular weight is 425 g/mol. The molecule has 26 heavy (non-hydrogen) atoms. The molecule has 3 nitrogen and oxygen atoms in total. The topological polar surface area (TPSA) is 34.9 Å². The first-order valence-corrected chi connectivity index (χ1v) is 11.3. The highest BCUT2D eigenvalue weighted by Gasteiger charge is 2.21. The predicted molar refractivity (Wildman–Crippen MR) is 112 cm³/mol. The van der Waals surface area contributed by atoms with Crippen molar-refractivity contribution in [3.8, 4) is 0 Å². The van der Waals surface area contributed by atoms with Crippen LogP contribution in [0.5, 0.6) is 0 Å².